The van der Waals surface area contributed by atoms with E-state index in [9.17, 15) is 18.4 Å². The Balaban J connectivity index is 1.37. The molecule has 2 aromatic rings. The van der Waals surface area contributed by atoms with Crippen LogP contribution < -0.4 is 10.2 Å². The summed E-state index contributed by atoms with van der Waals surface area (Å²) in [6, 6.07) is 10.2. The van der Waals surface area contributed by atoms with Crippen LogP contribution in [0, 0.1) is 11.6 Å². The molecule has 2 aliphatic heterocycles. The Morgan fingerprint density at radius 2 is 1.72 bits per heavy atom. The van der Waals surface area contributed by atoms with Crippen LogP contribution in [0.25, 0.3) is 0 Å². The Hall–Kier alpha value is -3.16. The van der Waals surface area contributed by atoms with E-state index in [-0.39, 0.29) is 36.7 Å². The van der Waals surface area contributed by atoms with Gasteiger partial charge in [0.15, 0.2) is 0 Å². The van der Waals surface area contributed by atoms with E-state index in [0.29, 0.717) is 30.9 Å². The highest BCUT2D eigenvalue weighted by atomic mass is 19.1. The maximum atomic E-state index is 13.5. The largest absolute Gasteiger partial charge is 0.370 e. The first-order chi connectivity index (χ1) is 14.0. The third kappa shape index (κ3) is 4.31. The van der Waals surface area contributed by atoms with Crippen LogP contribution in [0.15, 0.2) is 42.5 Å². The smallest absolute Gasteiger partial charge is 0.322 e. The molecule has 0 aromatic heterocycles. The number of hydrogen-bond acceptors (Lipinski definition) is 3. The summed E-state index contributed by atoms with van der Waals surface area (Å²) in [6.07, 6.45) is 0.781. The van der Waals surface area contributed by atoms with Gasteiger partial charge in [-0.1, -0.05) is 0 Å². The van der Waals surface area contributed by atoms with Crippen LogP contribution in [0.2, 0.25) is 0 Å². The summed E-state index contributed by atoms with van der Waals surface area (Å²) in [5.74, 6) is -0.790. The van der Waals surface area contributed by atoms with Gasteiger partial charge in [0.25, 0.3) is 0 Å². The predicted octanol–water partition coefficient (Wildman–Crippen LogP) is 3.05. The Morgan fingerprint density at radius 1 is 0.966 bits per heavy atom. The van der Waals surface area contributed by atoms with Gasteiger partial charge in [-0.25, -0.2) is 13.6 Å². The maximum absolute atomic E-state index is 13.5. The zero-order chi connectivity index (χ0) is 20.4. The van der Waals surface area contributed by atoms with Crippen molar-refractivity contribution in [2.24, 2.45) is 0 Å². The predicted molar refractivity (Wildman–Crippen MR) is 106 cm³/mol. The molecule has 0 atom stereocenters. The van der Waals surface area contributed by atoms with Gasteiger partial charge in [0.05, 0.1) is 6.54 Å². The summed E-state index contributed by atoms with van der Waals surface area (Å²) in [5.41, 5.74) is 2.15. The fraction of sp³-hybridized carbons (Fsp3) is 0.333. The third-order valence-corrected chi connectivity index (χ3v) is 5.32. The Labute approximate surface area is 167 Å². The standard InChI is InChI=1S/C21H22F2N4O2/c22-16-2-5-18(6-3-16)25-8-1-9-26(11-10-25)20(28)14-27-13-15-12-17(23)4-7-19(15)24-21(27)29/h2-7,12H,1,8-11,13-14H2,(H,24,29). The summed E-state index contributed by atoms with van der Waals surface area (Å²) < 4.78 is 26.6. The molecule has 0 saturated carbocycles. The van der Waals surface area contributed by atoms with E-state index < -0.39 is 0 Å². The van der Waals surface area contributed by atoms with Gasteiger partial charge in [-0.3, -0.25) is 4.79 Å². The number of rotatable bonds is 3. The molecule has 152 valence electrons. The van der Waals surface area contributed by atoms with E-state index in [0.717, 1.165) is 18.7 Å². The van der Waals surface area contributed by atoms with E-state index in [1.807, 2.05) is 0 Å². The van der Waals surface area contributed by atoms with Gasteiger partial charge in [-0.05, 0) is 54.4 Å². The quantitative estimate of drug-likeness (QED) is 0.862. The first kappa shape index (κ1) is 19.2. The normalized spacial score (nSPS) is 16.9. The van der Waals surface area contributed by atoms with Gasteiger partial charge in [-0.15, -0.1) is 0 Å². The molecule has 4 rings (SSSR count). The van der Waals surface area contributed by atoms with E-state index in [2.05, 4.69) is 10.2 Å². The first-order valence-corrected chi connectivity index (χ1v) is 9.62. The number of amides is 3. The molecule has 0 spiro atoms. The number of benzene rings is 2. The minimum atomic E-state index is -0.375. The van der Waals surface area contributed by atoms with Crippen LogP contribution in [0.3, 0.4) is 0 Å². The minimum absolute atomic E-state index is 0.0572. The number of nitrogens with zero attached hydrogens (tertiary/aromatic N) is 3. The Bertz CT molecular complexity index is 919. The van der Waals surface area contributed by atoms with Crippen LogP contribution in [-0.2, 0) is 11.3 Å². The second-order valence-electron chi connectivity index (χ2n) is 7.29. The van der Waals surface area contributed by atoms with E-state index in [4.69, 9.17) is 0 Å². The topological polar surface area (TPSA) is 55.9 Å². The van der Waals surface area contributed by atoms with Crippen LogP contribution in [-0.4, -0.2) is 54.5 Å². The highest BCUT2D eigenvalue weighted by molar-refractivity contribution is 5.94. The zero-order valence-electron chi connectivity index (χ0n) is 15.9. The van der Waals surface area contributed by atoms with Crippen LogP contribution in [0.5, 0.6) is 0 Å². The monoisotopic (exact) mass is 400 g/mol. The van der Waals surface area contributed by atoms with Gasteiger partial charge in [0.1, 0.15) is 18.2 Å². The Morgan fingerprint density at radius 3 is 2.52 bits per heavy atom. The minimum Gasteiger partial charge on any atom is -0.370 e. The molecule has 1 N–H and O–H groups in total. The molecule has 0 bridgehead atoms. The lowest BCUT2D eigenvalue weighted by atomic mass is 10.1. The molecule has 8 heteroatoms. The Kier molecular flexibility index (Phi) is 5.33. The number of hydrogen-bond donors (Lipinski definition) is 1. The maximum Gasteiger partial charge on any atom is 0.322 e. The van der Waals surface area contributed by atoms with Gasteiger partial charge in [0.2, 0.25) is 5.91 Å². The van der Waals surface area contributed by atoms with E-state index in [1.165, 1.54) is 35.2 Å². The lowest BCUT2D eigenvalue weighted by Gasteiger charge is -2.31. The summed E-state index contributed by atoms with van der Waals surface area (Å²) in [4.78, 5) is 30.4. The molecule has 0 radical (unpaired) electrons. The van der Waals surface area contributed by atoms with Crippen molar-refractivity contribution in [3.8, 4) is 0 Å². The van der Waals surface area contributed by atoms with Crippen LogP contribution >= 0.6 is 0 Å². The number of halogens is 2. The summed E-state index contributed by atoms with van der Waals surface area (Å²) in [6.45, 7) is 2.66. The first-order valence-electron chi connectivity index (χ1n) is 9.62. The van der Waals surface area contributed by atoms with Crippen LogP contribution in [0.1, 0.15) is 12.0 Å². The van der Waals surface area contributed by atoms with Crippen LogP contribution in [0.4, 0.5) is 25.0 Å². The molecule has 0 unspecified atom stereocenters. The number of urea groups is 1. The molecular weight excluding hydrogens is 378 g/mol. The molecule has 0 aliphatic carbocycles. The van der Waals surface area contributed by atoms with Gasteiger partial charge in [0, 0.05) is 37.6 Å². The lowest BCUT2D eigenvalue weighted by Crippen LogP contribution is -2.46. The zero-order valence-corrected chi connectivity index (χ0v) is 15.9. The fourth-order valence-corrected chi connectivity index (χ4v) is 3.75. The molecular formula is C21H22F2N4O2. The third-order valence-electron chi connectivity index (χ3n) is 5.32. The molecule has 1 fully saturated rings. The van der Waals surface area contributed by atoms with Crippen molar-refractivity contribution in [3.63, 3.8) is 0 Å². The fourth-order valence-electron chi connectivity index (χ4n) is 3.75. The summed E-state index contributed by atoms with van der Waals surface area (Å²) in [7, 11) is 0. The van der Waals surface area contributed by atoms with E-state index in [1.54, 1.807) is 17.0 Å². The summed E-state index contributed by atoms with van der Waals surface area (Å²) in [5, 5.41) is 2.70. The summed E-state index contributed by atoms with van der Waals surface area (Å²) >= 11 is 0. The van der Waals surface area contributed by atoms with Crippen molar-refractivity contribution in [1.29, 1.82) is 0 Å². The molecule has 1 saturated heterocycles. The second-order valence-corrected chi connectivity index (χ2v) is 7.29. The van der Waals surface area contributed by atoms with Gasteiger partial charge >= 0.3 is 6.03 Å². The molecule has 2 aliphatic rings. The molecule has 2 heterocycles. The average Bonchev–Trinajstić information content (AvgIpc) is 2.96. The van der Waals surface area contributed by atoms with Crippen molar-refractivity contribution in [1.82, 2.24) is 9.80 Å². The lowest BCUT2D eigenvalue weighted by molar-refractivity contribution is -0.131. The van der Waals surface area contributed by atoms with Gasteiger partial charge < -0.3 is 20.0 Å². The average molecular weight is 400 g/mol. The second kappa shape index (κ2) is 8.06. The highest BCUT2D eigenvalue weighted by Crippen LogP contribution is 2.24. The molecule has 3 amide bonds. The van der Waals surface area contributed by atoms with Crippen molar-refractivity contribution >= 4 is 23.3 Å². The van der Waals surface area contributed by atoms with Crippen molar-refractivity contribution < 1.29 is 18.4 Å². The number of fused-ring (bicyclic) bond motifs is 1. The van der Waals surface area contributed by atoms with Crippen molar-refractivity contribution in [2.45, 2.75) is 13.0 Å². The molecule has 2 aromatic carbocycles. The van der Waals surface area contributed by atoms with Crippen molar-refractivity contribution in [2.75, 3.05) is 42.9 Å². The van der Waals surface area contributed by atoms with Crippen molar-refractivity contribution in [3.05, 3.63) is 59.7 Å². The number of carbonyl (C=O) groups is 2. The van der Waals surface area contributed by atoms with Gasteiger partial charge in [-0.2, -0.15) is 0 Å². The number of anilines is 2. The highest BCUT2D eigenvalue weighted by Gasteiger charge is 2.27. The molecule has 6 nitrogen and oxygen atoms in total. The number of carbonyl (C=O) groups excluding carboxylic acids is 2. The SMILES string of the molecule is O=C(CN1Cc2cc(F)ccc2NC1=O)N1CCCN(c2ccc(F)cc2)CC1. The molecule has 29 heavy (non-hydrogen) atoms. The number of nitrogens with one attached hydrogen (secondary N) is 1. The van der Waals surface area contributed by atoms with E-state index >= 15 is 0 Å².